The maximum Gasteiger partial charge on any atom is 0.191 e. The van der Waals surface area contributed by atoms with E-state index >= 15 is 0 Å². The summed E-state index contributed by atoms with van der Waals surface area (Å²) in [5.41, 5.74) is 0. The molecule has 1 fully saturated rings. The van der Waals surface area contributed by atoms with E-state index in [-0.39, 0.29) is 30.0 Å². The molecule has 0 aromatic rings. The van der Waals surface area contributed by atoms with Crippen molar-refractivity contribution in [1.82, 2.24) is 10.6 Å². The number of halogens is 1. The smallest absolute Gasteiger partial charge is 0.191 e. The number of nitrogens with one attached hydrogen (secondary N) is 2. The van der Waals surface area contributed by atoms with Gasteiger partial charge in [0, 0.05) is 32.8 Å². The lowest BCUT2D eigenvalue weighted by Crippen LogP contribution is -2.44. The van der Waals surface area contributed by atoms with Crippen molar-refractivity contribution in [2.45, 2.75) is 58.1 Å². The van der Waals surface area contributed by atoms with Crippen LogP contribution in [-0.4, -0.2) is 51.5 Å². The highest BCUT2D eigenvalue weighted by Crippen LogP contribution is 2.20. The van der Waals surface area contributed by atoms with E-state index in [1.165, 1.54) is 25.7 Å². The summed E-state index contributed by atoms with van der Waals surface area (Å²) in [6, 6.07) is 0.257. The van der Waals surface area contributed by atoms with Crippen LogP contribution in [0, 0.1) is 0 Å². The number of ether oxygens (including phenoxy) is 2. The summed E-state index contributed by atoms with van der Waals surface area (Å²) in [4.78, 5) is 4.56. The van der Waals surface area contributed by atoms with Gasteiger partial charge in [-0.3, -0.25) is 4.99 Å². The summed E-state index contributed by atoms with van der Waals surface area (Å²) < 4.78 is 11.0. The van der Waals surface area contributed by atoms with Crippen molar-refractivity contribution < 1.29 is 9.47 Å². The van der Waals surface area contributed by atoms with Crippen LogP contribution in [-0.2, 0) is 9.47 Å². The second kappa shape index (κ2) is 13.6. The predicted octanol–water partition coefficient (Wildman–Crippen LogP) is 2.54. The molecule has 1 atom stereocenters. The Morgan fingerprint density at radius 2 is 2.05 bits per heavy atom. The molecule has 0 heterocycles. The number of nitrogens with zero attached hydrogens (tertiary/aromatic N) is 1. The summed E-state index contributed by atoms with van der Waals surface area (Å²) in [6.07, 6.45) is 6.62. The van der Waals surface area contributed by atoms with Gasteiger partial charge < -0.3 is 20.1 Å². The first-order valence-corrected chi connectivity index (χ1v) is 7.91. The van der Waals surface area contributed by atoms with Gasteiger partial charge in [0.1, 0.15) is 0 Å². The average molecular weight is 413 g/mol. The van der Waals surface area contributed by atoms with Crippen molar-refractivity contribution in [1.29, 1.82) is 0 Å². The second-order valence-corrected chi connectivity index (χ2v) is 5.39. The van der Waals surface area contributed by atoms with E-state index in [2.05, 4.69) is 29.5 Å². The third-order valence-electron chi connectivity index (χ3n) is 3.37. The molecular formula is C15H32IN3O2. The quantitative estimate of drug-likeness (QED) is 0.264. The van der Waals surface area contributed by atoms with E-state index in [0.717, 1.165) is 32.1 Å². The Morgan fingerprint density at radius 3 is 2.67 bits per heavy atom. The Kier molecular flexibility index (Phi) is 13.5. The molecule has 1 unspecified atom stereocenters. The van der Waals surface area contributed by atoms with Crippen molar-refractivity contribution in [2.24, 2.45) is 4.99 Å². The van der Waals surface area contributed by atoms with Gasteiger partial charge in [-0.1, -0.05) is 12.8 Å². The van der Waals surface area contributed by atoms with Gasteiger partial charge in [-0.25, -0.2) is 0 Å². The van der Waals surface area contributed by atoms with Crippen LogP contribution in [0.15, 0.2) is 4.99 Å². The molecule has 6 heteroatoms. The maximum atomic E-state index is 5.83. The van der Waals surface area contributed by atoms with E-state index < -0.39 is 0 Å². The van der Waals surface area contributed by atoms with Gasteiger partial charge in [0.05, 0.1) is 12.7 Å². The second-order valence-electron chi connectivity index (χ2n) is 5.39. The fourth-order valence-electron chi connectivity index (χ4n) is 2.41. The van der Waals surface area contributed by atoms with Crippen molar-refractivity contribution in [3.05, 3.63) is 0 Å². The Morgan fingerprint density at radius 1 is 1.33 bits per heavy atom. The number of guanidine groups is 1. The zero-order valence-corrected chi connectivity index (χ0v) is 16.0. The van der Waals surface area contributed by atoms with Crippen LogP contribution in [0.1, 0.15) is 46.0 Å². The number of hydrogen-bond acceptors (Lipinski definition) is 3. The van der Waals surface area contributed by atoms with Crippen LogP contribution in [0.25, 0.3) is 0 Å². The topological polar surface area (TPSA) is 54.9 Å². The molecular weight excluding hydrogens is 381 g/mol. The minimum absolute atomic E-state index is 0. The molecule has 0 amide bonds. The lowest BCUT2D eigenvalue weighted by molar-refractivity contribution is 0.0579. The fraction of sp³-hybridized carbons (Fsp3) is 0.933. The van der Waals surface area contributed by atoms with E-state index in [1.807, 2.05) is 0 Å². The van der Waals surface area contributed by atoms with Crippen LogP contribution >= 0.6 is 24.0 Å². The summed E-state index contributed by atoms with van der Waals surface area (Å²) in [7, 11) is 1.71. The number of aliphatic imine (C=N–C) groups is 1. The minimum Gasteiger partial charge on any atom is -0.383 e. The highest BCUT2D eigenvalue weighted by atomic mass is 127. The third kappa shape index (κ3) is 10.3. The maximum absolute atomic E-state index is 5.83. The summed E-state index contributed by atoms with van der Waals surface area (Å²) in [5.74, 6) is 0.859. The zero-order valence-electron chi connectivity index (χ0n) is 13.7. The third-order valence-corrected chi connectivity index (χ3v) is 3.37. The van der Waals surface area contributed by atoms with Crippen molar-refractivity contribution in [3.63, 3.8) is 0 Å². The van der Waals surface area contributed by atoms with Gasteiger partial charge in [0.2, 0.25) is 0 Å². The first kappa shape index (κ1) is 20.9. The lowest BCUT2D eigenvalue weighted by atomic mass is 10.3. The lowest BCUT2D eigenvalue weighted by Gasteiger charge is -2.17. The summed E-state index contributed by atoms with van der Waals surface area (Å²) in [5, 5.41) is 6.57. The first-order chi connectivity index (χ1) is 9.76. The van der Waals surface area contributed by atoms with Crippen LogP contribution in [0.2, 0.25) is 0 Å². The average Bonchev–Trinajstić information content (AvgIpc) is 2.92. The van der Waals surface area contributed by atoms with E-state index in [4.69, 9.17) is 9.47 Å². The van der Waals surface area contributed by atoms with Crippen LogP contribution < -0.4 is 10.6 Å². The van der Waals surface area contributed by atoms with Gasteiger partial charge in [-0.2, -0.15) is 0 Å². The molecule has 21 heavy (non-hydrogen) atoms. The zero-order chi connectivity index (χ0) is 14.6. The Balaban J connectivity index is 0.00000400. The summed E-state index contributed by atoms with van der Waals surface area (Å²) in [6.45, 7) is 7.31. The normalized spacial score (nSPS) is 17.4. The molecule has 0 saturated heterocycles. The molecule has 126 valence electrons. The summed E-state index contributed by atoms with van der Waals surface area (Å²) >= 11 is 0. The monoisotopic (exact) mass is 413 g/mol. The van der Waals surface area contributed by atoms with Crippen molar-refractivity contribution >= 4 is 29.9 Å². The van der Waals surface area contributed by atoms with Crippen molar-refractivity contribution in [2.75, 3.05) is 33.4 Å². The molecule has 5 nitrogen and oxygen atoms in total. The van der Waals surface area contributed by atoms with E-state index in [1.54, 1.807) is 7.11 Å². The molecule has 1 rings (SSSR count). The molecule has 1 saturated carbocycles. The molecule has 0 spiro atoms. The first-order valence-electron chi connectivity index (χ1n) is 7.91. The van der Waals surface area contributed by atoms with Gasteiger partial charge in [-0.05, 0) is 33.1 Å². The molecule has 0 aromatic heterocycles. The van der Waals surface area contributed by atoms with Gasteiger partial charge in [-0.15, -0.1) is 24.0 Å². The van der Waals surface area contributed by atoms with E-state index in [9.17, 15) is 0 Å². The molecule has 1 aliphatic carbocycles. The Bertz CT molecular complexity index is 272. The van der Waals surface area contributed by atoms with Gasteiger partial charge >= 0.3 is 0 Å². The molecule has 0 radical (unpaired) electrons. The Hall–Kier alpha value is -0.0800. The SMILES string of the molecule is CCNC(=NCCCOC1CCCC1)NC(C)COC.I. The van der Waals surface area contributed by atoms with Gasteiger partial charge in [0.15, 0.2) is 5.96 Å². The molecule has 0 aliphatic heterocycles. The molecule has 2 N–H and O–H groups in total. The molecule has 0 aromatic carbocycles. The predicted molar refractivity (Wildman–Crippen MR) is 98.7 cm³/mol. The van der Waals surface area contributed by atoms with Crippen LogP contribution in [0.4, 0.5) is 0 Å². The number of hydrogen-bond donors (Lipinski definition) is 2. The Labute approximate surface area is 146 Å². The standard InChI is InChI=1S/C15H31N3O2.HI/c1-4-16-15(18-13(2)12-19-3)17-10-7-11-20-14-8-5-6-9-14;/h13-14H,4-12H2,1-3H3,(H2,16,17,18);1H. The van der Waals surface area contributed by atoms with Gasteiger partial charge in [0.25, 0.3) is 0 Å². The van der Waals surface area contributed by atoms with Crippen LogP contribution in [0.3, 0.4) is 0 Å². The molecule has 0 bridgehead atoms. The molecule has 1 aliphatic rings. The van der Waals surface area contributed by atoms with Crippen molar-refractivity contribution in [3.8, 4) is 0 Å². The minimum atomic E-state index is 0. The highest BCUT2D eigenvalue weighted by Gasteiger charge is 2.14. The fourth-order valence-corrected chi connectivity index (χ4v) is 2.41. The number of rotatable bonds is 9. The van der Waals surface area contributed by atoms with E-state index in [0.29, 0.717) is 12.7 Å². The number of methoxy groups -OCH3 is 1. The largest absolute Gasteiger partial charge is 0.383 e. The van der Waals surface area contributed by atoms with Crippen LogP contribution in [0.5, 0.6) is 0 Å². The highest BCUT2D eigenvalue weighted by molar-refractivity contribution is 14.0.